The maximum absolute atomic E-state index is 14.8. The molecule has 1 aromatic carbocycles. The van der Waals surface area contributed by atoms with Crippen molar-refractivity contribution in [3.05, 3.63) is 95.1 Å². The minimum absolute atomic E-state index is 0.154. The van der Waals surface area contributed by atoms with Crippen molar-refractivity contribution in [2.45, 2.75) is 6.54 Å². The van der Waals surface area contributed by atoms with Crippen LogP contribution in [0, 0.1) is 11.6 Å². The lowest BCUT2D eigenvalue weighted by Crippen LogP contribution is -2.23. The summed E-state index contributed by atoms with van der Waals surface area (Å²) in [5.74, 6) is -1.47. The van der Waals surface area contributed by atoms with Gasteiger partial charge in [-0.1, -0.05) is 0 Å². The summed E-state index contributed by atoms with van der Waals surface area (Å²) in [6.07, 6.45) is 7.90. The predicted octanol–water partition coefficient (Wildman–Crippen LogP) is 3.43. The number of hydrogen-bond acceptors (Lipinski definition) is 4. The minimum Gasteiger partial charge on any atom is -0.306 e. The fraction of sp³-hybridized carbons (Fsp3) is 0.0476. The van der Waals surface area contributed by atoms with E-state index in [0.717, 1.165) is 10.2 Å². The highest BCUT2D eigenvalue weighted by atomic mass is 19.1. The smallest absolute Gasteiger partial charge is 0.280 e. The van der Waals surface area contributed by atoms with E-state index in [9.17, 15) is 13.6 Å². The lowest BCUT2D eigenvalue weighted by molar-refractivity contribution is 0.541. The van der Waals surface area contributed by atoms with Crippen LogP contribution in [-0.4, -0.2) is 23.9 Å². The molecule has 0 spiro atoms. The van der Waals surface area contributed by atoms with Crippen LogP contribution in [0.5, 0.6) is 0 Å². The first-order valence-corrected chi connectivity index (χ1v) is 8.81. The lowest BCUT2D eigenvalue weighted by atomic mass is 10.0. The Morgan fingerprint density at radius 1 is 0.931 bits per heavy atom. The van der Waals surface area contributed by atoms with Gasteiger partial charge in [0, 0.05) is 30.4 Å². The Morgan fingerprint density at radius 3 is 2.59 bits per heavy atom. The number of aromatic nitrogens is 5. The van der Waals surface area contributed by atoms with Gasteiger partial charge in [0.05, 0.1) is 18.4 Å². The molecule has 0 N–H and O–H groups in total. The number of nitrogens with zero attached hydrogens (tertiary/aromatic N) is 5. The van der Waals surface area contributed by atoms with Crippen LogP contribution in [-0.2, 0) is 6.54 Å². The van der Waals surface area contributed by atoms with E-state index in [-0.39, 0.29) is 17.6 Å². The second kappa shape index (κ2) is 6.59. The third-order valence-corrected chi connectivity index (χ3v) is 4.78. The number of hydrogen-bond donors (Lipinski definition) is 0. The highest BCUT2D eigenvalue weighted by molar-refractivity contribution is 5.72. The van der Waals surface area contributed by atoms with Gasteiger partial charge >= 0.3 is 0 Å². The zero-order valence-corrected chi connectivity index (χ0v) is 15.0. The summed E-state index contributed by atoms with van der Waals surface area (Å²) in [5, 5.41) is 0. The number of pyridine rings is 2. The first kappa shape index (κ1) is 17.2. The molecule has 4 aromatic heterocycles. The number of benzene rings is 1. The molecular weight excluding hydrogens is 376 g/mol. The molecule has 0 aliphatic heterocycles. The van der Waals surface area contributed by atoms with Crippen molar-refractivity contribution in [1.29, 1.82) is 0 Å². The molecule has 6 nitrogen and oxygen atoms in total. The average molecular weight is 389 g/mol. The van der Waals surface area contributed by atoms with E-state index in [4.69, 9.17) is 0 Å². The van der Waals surface area contributed by atoms with Crippen molar-refractivity contribution in [2.75, 3.05) is 0 Å². The molecule has 0 radical (unpaired) electrons. The second-order valence-corrected chi connectivity index (χ2v) is 6.58. The Bertz CT molecular complexity index is 1420. The Kier molecular flexibility index (Phi) is 3.90. The molecular formula is C21H13F2N5O. The first-order valence-electron chi connectivity index (χ1n) is 8.81. The van der Waals surface area contributed by atoms with Crippen LogP contribution in [0.2, 0.25) is 0 Å². The fourth-order valence-corrected chi connectivity index (χ4v) is 3.28. The van der Waals surface area contributed by atoms with Crippen LogP contribution in [0.3, 0.4) is 0 Å². The van der Waals surface area contributed by atoms with Gasteiger partial charge in [0.2, 0.25) is 0 Å². The molecule has 142 valence electrons. The highest BCUT2D eigenvalue weighted by Crippen LogP contribution is 2.25. The molecule has 0 aliphatic carbocycles. The van der Waals surface area contributed by atoms with Crippen LogP contribution in [0.4, 0.5) is 8.78 Å². The summed E-state index contributed by atoms with van der Waals surface area (Å²) in [6.45, 7) is -0.281. The summed E-state index contributed by atoms with van der Waals surface area (Å²) in [5.41, 5.74) is 1.70. The average Bonchev–Trinajstić information content (AvgIpc) is 3.20. The molecule has 5 rings (SSSR count). The van der Waals surface area contributed by atoms with Crippen LogP contribution in [0.15, 0.2) is 72.3 Å². The number of rotatable bonds is 3. The highest BCUT2D eigenvalue weighted by Gasteiger charge is 2.15. The van der Waals surface area contributed by atoms with Crippen LogP contribution in [0.25, 0.3) is 27.8 Å². The number of fused-ring (bicyclic) bond motifs is 2. The Balaban J connectivity index is 1.55. The van der Waals surface area contributed by atoms with Crippen LogP contribution < -0.4 is 5.56 Å². The van der Waals surface area contributed by atoms with Gasteiger partial charge in [-0.05, 0) is 47.5 Å². The maximum Gasteiger partial charge on any atom is 0.280 e. The molecule has 0 saturated heterocycles. The van der Waals surface area contributed by atoms with E-state index >= 15 is 0 Å². The summed E-state index contributed by atoms with van der Waals surface area (Å²) in [6, 6.07) is 9.36. The number of halogens is 2. The lowest BCUT2D eigenvalue weighted by Gasteiger charge is -2.11. The van der Waals surface area contributed by atoms with Crippen molar-refractivity contribution < 1.29 is 8.78 Å². The molecule has 0 amide bonds. The second-order valence-electron chi connectivity index (χ2n) is 6.58. The normalized spacial score (nSPS) is 11.4. The van der Waals surface area contributed by atoms with Crippen LogP contribution in [0.1, 0.15) is 5.56 Å². The Morgan fingerprint density at radius 2 is 1.76 bits per heavy atom. The minimum atomic E-state index is -0.737. The summed E-state index contributed by atoms with van der Waals surface area (Å²) in [7, 11) is 0. The van der Waals surface area contributed by atoms with Crippen molar-refractivity contribution in [1.82, 2.24) is 23.9 Å². The van der Waals surface area contributed by atoms with Gasteiger partial charge in [-0.15, -0.1) is 0 Å². The van der Waals surface area contributed by atoms with E-state index in [1.807, 2.05) is 0 Å². The quantitative estimate of drug-likeness (QED) is 0.474. The van der Waals surface area contributed by atoms with Gasteiger partial charge in [0.15, 0.2) is 5.52 Å². The molecule has 5 aromatic rings. The molecule has 0 bridgehead atoms. The molecule has 29 heavy (non-hydrogen) atoms. The summed E-state index contributed by atoms with van der Waals surface area (Å²) >= 11 is 0. The van der Waals surface area contributed by atoms with E-state index in [1.165, 1.54) is 24.7 Å². The predicted molar refractivity (Wildman–Crippen MR) is 103 cm³/mol. The molecule has 8 heteroatoms. The molecule has 0 unspecified atom stereocenters. The summed E-state index contributed by atoms with van der Waals surface area (Å²) < 4.78 is 32.5. The fourth-order valence-electron chi connectivity index (χ4n) is 3.28. The van der Waals surface area contributed by atoms with E-state index < -0.39 is 17.2 Å². The molecule has 4 heterocycles. The van der Waals surface area contributed by atoms with Gasteiger partial charge in [-0.2, -0.15) is 0 Å². The van der Waals surface area contributed by atoms with Gasteiger partial charge in [0.1, 0.15) is 17.3 Å². The van der Waals surface area contributed by atoms with Crippen molar-refractivity contribution >= 4 is 16.7 Å². The topological polar surface area (TPSA) is 65.1 Å². The van der Waals surface area contributed by atoms with E-state index in [0.29, 0.717) is 16.6 Å². The van der Waals surface area contributed by atoms with Gasteiger partial charge in [-0.25, -0.2) is 23.7 Å². The van der Waals surface area contributed by atoms with E-state index in [1.54, 1.807) is 47.3 Å². The third kappa shape index (κ3) is 2.94. The molecule has 0 saturated carbocycles. The van der Waals surface area contributed by atoms with Crippen LogP contribution >= 0.6 is 0 Å². The zero-order valence-electron chi connectivity index (χ0n) is 15.0. The molecule has 0 aliphatic rings. The van der Waals surface area contributed by atoms with Gasteiger partial charge in [0.25, 0.3) is 5.56 Å². The Hall–Kier alpha value is -3.94. The van der Waals surface area contributed by atoms with E-state index in [2.05, 4.69) is 15.0 Å². The first-order chi connectivity index (χ1) is 14.1. The SMILES string of the molecule is O=c1c2ncccc2ncn1Cc1c(F)cc(-c2ccc3nccn3c2)cc1F. The molecule has 0 atom stereocenters. The summed E-state index contributed by atoms with van der Waals surface area (Å²) in [4.78, 5) is 24.8. The number of imidazole rings is 1. The van der Waals surface area contributed by atoms with Crippen molar-refractivity contribution in [3.8, 4) is 11.1 Å². The maximum atomic E-state index is 14.8. The largest absolute Gasteiger partial charge is 0.306 e. The van der Waals surface area contributed by atoms with Crippen molar-refractivity contribution in [3.63, 3.8) is 0 Å². The Labute approximate surface area is 162 Å². The molecule has 0 fully saturated rings. The van der Waals surface area contributed by atoms with Crippen molar-refractivity contribution in [2.24, 2.45) is 0 Å². The zero-order chi connectivity index (χ0) is 20.0. The third-order valence-electron chi connectivity index (χ3n) is 4.78. The van der Waals surface area contributed by atoms with Gasteiger partial charge < -0.3 is 4.40 Å². The monoisotopic (exact) mass is 389 g/mol. The standard InChI is InChI=1S/C21H13F2N5O/c22-16-8-14(13-3-4-19-24-6-7-27(19)10-13)9-17(23)15(16)11-28-12-26-18-2-1-5-25-20(18)21(28)29/h1-10,12H,11H2. The van der Waals surface area contributed by atoms with Gasteiger partial charge in [-0.3, -0.25) is 9.36 Å².